The summed E-state index contributed by atoms with van der Waals surface area (Å²) in [6.07, 6.45) is 25.3. The summed E-state index contributed by atoms with van der Waals surface area (Å²) in [6.45, 7) is 5.34. The van der Waals surface area contributed by atoms with Crippen molar-refractivity contribution in [2.45, 2.75) is 103 Å². The molecule has 0 spiro atoms. The molecule has 4 heteroatoms. The van der Waals surface area contributed by atoms with Gasteiger partial charge in [-0.1, -0.05) is 76.9 Å². The zero-order valence-electron chi connectivity index (χ0n) is 16.8. The Hall–Kier alpha value is 0.240. The molecule has 0 amide bonds. The number of unbranched alkanes of at least 4 members (excludes halogenated alkanes) is 12. The van der Waals surface area contributed by atoms with Crippen molar-refractivity contribution in [1.82, 2.24) is 5.32 Å². The molecule has 25 heavy (non-hydrogen) atoms. The van der Waals surface area contributed by atoms with Crippen LogP contribution in [-0.4, -0.2) is 19.6 Å². The Labute approximate surface area is 171 Å². The third-order valence-corrected chi connectivity index (χ3v) is 4.42. The second-order valence-corrected chi connectivity index (χ2v) is 6.83. The van der Waals surface area contributed by atoms with Gasteiger partial charge in [-0.25, -0.2) is 0 Å². The molecule has 0 heterocycles. The number of hydrogen-bond acceptors (Lipinski definition) is 2. The van der Waals surface area contributed by atoms with Gasteiger partial charge in [0.15, 0.2) is 0 Å². The number of allylic oxidation sites excluding steroid dienone is 2. The lowest BCUT2D eigenvalue weighted by Crippen LogP contribution is -2.19. The van der Waals surface area contributed by atoms with Gasteiger partial charge in [-0.3, -0.25) is 0 Å². The van der Waals surface area contributed by atoms with Crippen molar-refractivity contribution in [3.8, 4) is 0 Å². The maximum absolute atomic E-state index is 5.46. The third kappa shape index (κ3) is 29.3. The Morgan fingerprint density at radius 1 is 0.600 bits per heavy atom. The largest absolute Gasteiger partial charge is 0.330 e. The van der Waals surface area contributed by atoms with Crippen LogP contribution < -0.4 is 11.1 Å². The summed E-state index contributed by atoms with van der Waals surface area (Å²) in [6, 6.07) is 0. The minimum atomic E-state index is 0. The summed E-state index contributed by atoms with van der Waals surface area (Å²) in [5.74, 6) is 0. The fourth-order valence-electron chi connectivity index (χ4n) is 2.85. The summed E-state index contributed by atoms with van der Waals surface area (Å²) < 4.78 is 0. The van der Waals surface area contributed by atoms with E-state index in [1.165, 1.54) is 96.4 Å². The van der Waals surface area contributed by atoms with E-state index in [1.807, 2.05) is 0 Å². The zero-order valence-corrected chi connectivity index (χ0v) is 18.4. The highest BCUT2D eigenvalue weighted by atomic mass is 35.5. The van der Waals surface area contributed by atoms with E-state index in [1.54, 1.807) is 0 Å². The maximum atomic E-state index is 5.46. The monoisotopic (exact) mass is 396 g/mol. The molecule has 0 aliphatic heterocycles. The molecule has 0 aromatic heterocycles. The predicted molar refractivity (Wildman–Crippen MR) is 120 cm³/mol. The molecular formula is C21H46Cl2N2. The van der Waals surface area contributed by atoms with Gasteiger partial charge >= 0.3 is 0 Å². The van der Waals surface area contributed by atoms with Crippen LogP contribution in [0.15, 0.2) is 12.2 Å². The van der Waals surface area contributed by atoms with E-state index in [0.29, 0.717) is 0 Å². The topological polar surface area (TPSA) is 38.0 Å². The molecule has 0 radical (unpaired) electrons. The summed E-state index contributed by atoms with van der Waals surface area (Å²) in [5.41, 5.74) is 5.46. The quantitative estimate of drug-likeness (QED) is 0.186. The second-order valence-electron chi connectivity index (χ2n) is 6.83. The van der Waals surface area contributed by atoms with Crippen molar-refractivity contribution in [2.75, 3.05) is 19.6 Å². The van der Waals surface area contributed by atoms with E-state index >= 15 is 0 Å². The standard InChI is InChI=1S/C21H44N2.2ClH/c1-2-3-4-5-6-7-8-9-10-11-12-13-14-15-16-17-20-23-21-18-19-22;;/h9-10,23H,2-8,11-22H2,1H3;2*1H/b10-9-;;. The Kier molecular flexibility index (Phi) is 34.8. The summed E-state index contributed by atoms with van der Waals surface area (Å²) in [5, 5.41) is 3.45. The summed E-state index contributed by atoms with van der Waals surface area (Å²) >= 11 is 0. The molecule has 0 atom stereocenters. The van der Waals surface area contributed by atoms with Crippen molar-refractivity contribution in [1.29, 1.82) is 0 Å². The highest BCUT2D eigenvalue weighted by Crippen LogP contribution is 2.09. The number of rotatable bonds is 19. The first kappa shape index (κ1) is 30.0. The van der Waals surface area contributed by atoms with Crippen LogP contribution >= 0.6 is 24.8 Å². The normalized spacial score (nSPS) is 10.6. The van der Waals surface area contributed by atoms with Crippen molar-refractivity contribution in [3.63, 3.8) is 0 Å². The minimum absolute atomic E-state index is 0. The van der Waals surface area contributed by atoms with Crippen LogP contribution in [-0.2, 0) is 0 Å². The Bertz CT molecular complexity index is 236. The maximum Gasteiger partial charge on any atom is -0.00369 e. The van der Waals surface area contributed by atoms with Gasteiger partial charge in [0.25, 0.3) is 0 Å². The van der Waals surface area contributed by atoms with Gasteiger partial charge in [0.2, 0.25) is 0 Å². The fraction of sp³-hybridized carbons (Fsp3) is 0.905. The van der Waals surface area contributed by atoms with Crippen LogP contribution in [0, 0.1) is 0 Å². The first-order valence-electron chi connectivity index (χ1n) is 10.5. The molecule has 0 aromatic rings. The Morgan fingerprint density at radius 3 is 1.56 bits per heavy atom. The molecule has 0 saturated carbocycles. The summed E-state index contributed by atoms with van der Waals surface area (Å²) in [4.78, 5) is 0. The second kappa shape index (κ2) is 29.0. The average molecular weight is 398 g/mol. The molecule has 0 bridgehead atoms. The Balaban J connectivity index is -0.00000242. The molecule has 0 aliphatic carbocycles. The highest BCUT2D eigenvalue weighted by Gasteiger charge is 1.92. The van der Waals surface area contributed by atoms with Crippen molar-refractivity contribution >= 4 is 24.8 Å². The van der Waals surface area contributed by atoms with Crippen LogP contribution in [0.4, 0.5) is 0 Å². The molecule has 0 fully saturated rings. The number of halogens is 2. The zero-order chi connectivity index (χ0) is 16.8. The van der Waals surface area contributed by atoms with E-state index < -0.39 is 0 Å². The minimum Gasteiger partial charge on any atom is -0.330 e. The van der Waals surface area contributed by atoms with Crippen LogP contribution in [0.1, 0.15) is 103 Å². The van der Waals surface area contributed by atoms with Crippen LogP contribution in [0.25, 0.3) is 0 Å². The molecular weight excluding hydrogens is 351 g/mol. The molecule has 154 valence electrons. The lowest BCUT2D eigenvalue weighted by molar-refractivity contribution is 0.562. The van der Waals surface area contributed by atoms with Crippen LogP contribution in [0.5, 0.6) is 0 Å². The molecule has 3 N–H and O–H groups in total. The third-order valence-electron chi connectivity index (χ3n) is 4.42. The average Bonchev–Trinajstić information content (AvgIpc) is 2.57. The van der Waals surface area contributed by atoms with E-state index in [9.17, 15) is 0 Å². The van der Waals surface area contributed by atoms with Gasteiger partial charge in [-0.05, 0) is 58.2 Å². The summed E-state index contributed by atoms with van der Waals surface area (Å²) in [7, 11) is 0. The van der Waals surface area contributed by atoms with Crippen LogP contribution in [0.2, 0.25) is 0 Å². The smallest absolute Gasteiger partial charge is 0.00369 e. The molecule has 0 unspecified atom stereocenters. The first-order chi connectivity index (χ1) is 11.4. The van der Waals surface area contributed by atoms with Gasteiger partial charge in [-0.2, -0.15) is 0 Å². The lowest BCUT2D eigenvalue weighted by atomic mass is 10.1. The van der Waals surface area contributed by atoms with E-state index in [0.717, 1.165) is 19.5 Å². The highest BCUT2D eigenvalue weighted by molar-refractivity contribution is 5.85. The number of nitrogens with one attached hydrogen (secondary N) is 1. The van der Waals surface area contributed by atoms with E-state index in [-0.39, 0.29) is 24.8 Å². The lowest BCUT2D eigenvalue weighted by Gasteiger charge is -2.03. The van der Waals surface area contributed by atoms with Crippen LogP contribution in [0.3, 0.4) is 0 Å². The predicted octanol–water partition coefficient (Wildman–Crippen LogP) is 6.81. The van der Waals surface area contributed by atoms with Gasteiger partial charge in [0.05, 0.1) is 0 Å². The Morgan fingerprint density at radius 2 is 1.04 bits per heavy atom. The van der Waals surface area contributed by atoms with Crippen molar-refractivity contribution in [3.05, 3.63) is 12.2 Å². The van der Waals surface area contributed by atoms with E-state index in [2.05, 4.69) is 24.4 Å². The molecule has 0 rings (SSSR count). The molecule has 0 aromatic carbocycles. The van der Waals surface area contributed by atoms with Gasteiger partial charge in [0.1, 0.15) is 0 Å². The fourth-order valence-corrected chi connectivity index (χ4v) is 2.85. The van der Waals surface area contributed by atoms with Crippen molar-refractivity contribution < 1.29 is 0 Å². The molecule has 2 nitrogen and oxygen atoms in total. The first-order valence-corrected chi connectivity index (χ1v) is 10.5. The van der Waals surface area contributed by atoms with Gasteiger partial charge < -0.3 is 11.1 Å². The van der Waals surface area contributed by atoms with Gasteiger partial charge in [-0.15, -0.1) is 24.8 Å². The molecule has 0 saturated heterocycles. The van der Waals surface area contributed by atoms with Crippen molar-refractivity contribution in [2.24, 2.45) is 5.73 Å². The molecule has 0 aliphatic rings. The van der Waals surface area contributed by atoms with E-state index in [4.69, 9.17) is 5.73 Å². The number of hydrogen-bond donors (Lipinski definition) is 2. The van der Waals surface area contributed by atoms with Gasteiger partial charge in [0, 0.05) is 0 Å². The number of nitrogens with two attached hydrogens (primary N) is 1. The SMILES string of the molecule is CCCCCCCC/C=C\CCCCCCCCNCCCN.Cl.Cl.